The van der Waals surface area contributed by atoms with Gasteiger partial charge in [-0.05, 0) is 24.4 Å². The second-order valence-electron chi connectivity index (χ2n) is 2.75. The first-order valence-corrected chi connectivity index (χ1v) is 4.76. The highest BCUT2D eigenvalue weighted by Gasteiger charge is 2.02. The fourth-order valence-corrected chi connectivity index (χ4v) is 1.04. The summed E-state index contributed by atoms with van der Waals surface area (Å²) in [5, 5.41) is 2.23. The molecule has 0 heterocycles. The molecule has 0 atom stereocenters. The zero-order valence-electron chi connectivity index (χ0n) is 7.87. The predicted molar refractivity (Wildman–Crippen MR) is 56.4 cm³/mol. The lowest BCUT2D eigenvalue weighted by Crippen LogP contribution is -1.99. The van der Waals surface area contributed by atoms with Crippen molar-refractivity contribution in [2.75, 3.05) is 13.2 Å². The molecule has 1 aromatic carbocycles. The van der Waals surface area contributed by atoms with Crippen LogP contribution in [0.5, 0.6) is 5.75 Å². The van der Waals surface area contributed by atoms with E-state index in [4.69, 9.17) is 4.74 Å². The molecule has 0 saturated heterocycles. The van der Waals surface area contributed by atoms with E-state index in [2.05, 4.69) is 22.4 Å². The molecule has 0 aromatic heterocycles. The summed E-state index contributed by atoms with van der Waals surface area (Å²) in [5.41, 5.74) is 0. The molecule has 15 heavy (non-hydrogen) atoms. The van der Waals surface area contributed by atoms with E-state index in [9.17, 15) is 8.78 Å². The van der Waals surface area contributed by atoms with E-state index < -0.39 is 11.6 Å². The lowest BCUT2D eigenvalue weighted by atomic mass is 10.3. The summed E-state index contributed by atoms with van der Waals surface area (Å²) in [5.74, 6) is -1.49. The Balaban J connectivity index is 2.37. The molecular weight excluding hydrogens is 220 g/mol. The number of ether oxygens (including phenoxy) is 1. The minimum atomic E-state index is -0.913. The van der Waals surface area contributed by atoms with Gasteiger partial charge >= 0.3 is 0 Å². The average Bonchev–Trinajstić information content (AvgIpc) is 2.23. The van der Waals surface area contributed by atoms with Gasteiger partial charge in [-0.2, -0.15) is 0 Å². The Morgan fingerprint density at radius 1 is 1.33 bits per heavy atom. The zero-order chi connectivity index (χ0) is 11.1. The van der Waals surface area contributed by atoms with Crippen molar-refractivity contribution in [2.45, 2.75) is 6.42 Å². The smallest absolute Gasteiger partial charge is 0.162 e. The van der Waals surface area contributed by atoms with Crippen molar-refractivity contribution in [3.05, 3.63) is 29.8 Å². The molecule has 0 aliphatic carbocycles. The quantitative estimate of drug-likeness (QED) is 0.440. The lowest BCUT2D eigenvalue weighted by molar-refractivity contribution is 0.310. The fourth-order valence-electron chi connectivity index (χ4n) is 0.946. The van der Waals surface area contributed by atoms with Crippen LogP contribution >= 0.6 is 12.2 Å². The number of aliphatic imine (C=N–C) groups is 1. The minimum Gasteiger partial charge on any atom is -0.493 e. The number of halogens is 2. The van der Waals surface area contributed by atoms with Gasteiger partial charge in [-0.3, -0.25) is 0 Å². The number of thiocarbonyl (C=S) groups is 1. The molecule has 0 saturated carbocycles. The second kappa shape index (κ2) is 6.22. The third-order valence-electron chi connectivity index (χ3n) is 1.64. The van der Waals surface area contributed by atoms with Crippen molar-refractivity contribution in [1.29, 1.82) is 0 Å². The van der Waals surface area contributed by atoms with Crippen LogP contribution in [0.2, 0.25) is 0 Å². The Morgan fingerprint density at radius 2 is 2.13 bits per heavy atom. The van der Waals surface area contributed by atoms with Crippen LogP contribution in [0, 0.1) is 11.6 Å². The number of rotatable bonds is 5. The molecule has 1 rings (SSSR count). The van der Waals surface area contributed by atoms with Crippen LogP contribution in [0.15, 0.2) is 23.2 Å². The minimum absolute atomic E-state index is 0.306. The molecular formula is C10H9F2NOS. The van der Waals surface area contributed by atoms with Gasteiger partial charge in [0.2, 0.25) is 0 Å². The number of benzene rings is 1. The Morgan fingerprint density at radius 3 is 2.80 bits per heavy atom. The van der Waals surface area contributed by atoms with Crippen LogP contribution in [-0.4, -0.2) is 18.3 Å². The summed E-state index contributed by atoms with van der Waals surface area (Å²) in [7, 11) is 0. The third-order valence-corrected chi connectivity index (χ3v) is 1.77. The van der Waals surface area contributed by atoms with Gasteiger partial charge in [0.05, 0.1) is 18.3 Å². The van der Waals surface area contributed by atoms with Crippen molar-refractivity contribution >= 4 is 17.4 Å². The number of nitrogens with zero attached hydrogens (tertiary/aromatic N) is 1. The Kier molecular flexibility index (Phi) is 4.87. The maximum atomic E-state index is 12.7. The molecule has 0 N–H and O–H groups in total. The highest BCUT2D eigenvalue weighted by Crippen LogP contribution is 2.15. The van der Waals surface area contributed by atoms with Gasteiger partial charge in [0.25, 0.3) is 0 Å². The van der Waals surface area contributed by atoms with E-state index in [1.165, 1.54) is 6.07 Å². The van der Waals surface area contributed by atoms with Gasteiger partial charge in [-0.15, -0.1) is 0 Å². The molecule has 0 aliphatic rings. The van der Waals surface area contributed by atoms with Crippen LogP contribution in [0.4, 0.5) is 8.78 Å². The third kappa shape index (κ3) is 4.14. The number of hydrogen-bond donors (Lipinski definition) is 0. The van der Waals surface area contributed by atoms with Crippen LogP contribution in [-0.2, 0) is 0 Å². The Hall–Kier alpha value is -1.32. The van der Waals surface area contributed by atoms with Crippen molar-refractivity contribution in [3.63, 3.8) is 0 Å². The van der Waals surface area contributed by atoms with Crippen LogP contribution in [0.3, 0.4) is 0 Å². The van der Waals surface area contributed by atoms with Gasteiger partial charge in [0.1, 0.15) is 5.75 Å². The van der Waals surface area contributed by atoms with Crippen molar-refractivity contribution in [2.24, 2.45) is 4.99 Å². The van der Waals surface area contributed by atoms with E-state index in [0.717, 1.165) is 12.1 Å². The summed E-state index contributed by atoms with van der Waals surface area (Å²) in [6.45, 7) is 0.902. The van der Waals surface area contributed by atoms with Crippen molar-refractivity contribution < 1.29 is 13.5 Å². The normalized spacial score (nSPS) is 9.47. The largest absolute Gasteiger partial charge is 0.493 e. The van der Waals surface area contributed by atoms with Crippen LogP contribution < -0.4 is 4.74 Å². The standard InChI is InChI=1S/C10H9F2NOS/c11-9-3-2-8(6-10(9)12)14-5-1-4-13-7-15/h2-3,6H,1,4-5H2. The Bertz CT molecular complexity index is 378. The van der Waals surface area contributed by atoms with Crippen molar-refractivity contribution in [1.82, 2.24) is 0 Å². The molecule has 80 valence electrons. The molecule has 0 fully saturated rings. The maximum absolute atomic E-state index is 12.7. The zero-order valence-corrected chi connectivity index (χ0v) is 8.69. The van der Waals surface area contributed by atoms with Gasteiger partial charge in [0.15, 0.2) is 11.6 Å². The van der Waals surface area contributed by atoms with E-state index >= 15 is 0 Å². The van der Waals surface area contributed by atoms with Crippen molar-refractivity contribution in [3.8, 4) is 5.75 Å². The number of isothiocyanates is 1. The highest BCUT2D eigenvalue weighted by atomic mass is 32.1. The predicted octanol–water partition coefficient (Wildman–Crippen LogP) is 2.84. The summed E-state index contributed by atoms with van der Waals surface area (Å²) in [6.07, 6.45) is 0.655. The first-order chi connectivity index (χ1) is 7.24. The topological polar surface area (TPSA) is 21.6 Å². The van der Waals surface area contributed by atoms with E-state index in [0.29, 0.717) is 25.3 Å². The van der Waals surface area contributed by atoms with E-state index in [-0.39, 0.29) is 0 Å². The van der Waals surface area contributed by atoms with Crippen LogP contribution in [0.25, 0.3) is 0 Å². The summed E-state index contributed by atoms with van der Waals surface area (Å²) in [4.78, 5) is 3.69. The first-order valence-electron chi connectivity index (χ1n) is 4.35. The number of hydrogen-bond acceptors (Lipinski definition) is 3. The summed E-state index contributed by atoms with van der Waals surface area (Å²) in [6, 6.07) is 3.42. The molecule has 0 amide bonds. The maximum Gasteiger partial charge on any atom is 0.162 e. The van der Waals surface area contributed by atoms with Gasteiger partial charge in [0, 0.05) is 12.5 Å². The first kappa shape index (κ1) is 11.8. The summed E-state index contributed by atoms with van der Waals surface area (Å²) >= 11 is 4.38. The summed E-state index contributed by atoms with van der Waals surface area (Å²) < 4.78 is 30.4. The van der Waals surface area contributed by atoms with Gasteiger partial charge in [-0.1, -0.05) is 0 Å². The van der Waals surface area contributed by atoms with Crippen LogP contribution in [0.1, 0.15) is 6.42 Å². The Labute approximate surface area is 91.6 Å². The molecule has 5 heteroatoms. The monoisotopic (exact) mass is 229 g/mol. The average molecular weight is 229 g/mol. The molecule has 0 aliphatic heterocycles. The van der Waals surface area contributed by atoms with Gasteiger partial charge in [-0.25, -0.2) is 13.8 Å². The second-order valence-corrected chi connectivity index (χ2v) is 2.93. The molecule has 2 nitrogen and oxygen atoms in total. The van der Waals surface area contributed by atoms with Gasteiger partial charge < -0.3 is 4.74 Å². The lowest BCUT2D eigenvalue weighted by Gasteiger charge is -2.04. The SMILES string of the molecule is Fc1ccc(OCCCN=C=S)cc1F. The molecule has 0 unspecified atom stereocenters. The van der Waals surface area contributed by atoms with E-state index in [1.807, 2.05) is 0 Å². The molecule has 0 bridgehead atoms. The fraction of sp³-hybridized carbons (Fsp3) is 0.300. The molecule has 0 radical (unpaired) electrons. The highest BCUT2D eigenvalue weighted by molar-refractivity contribution is 7.78. The molecule has 1 aromatic rings. The van der Waals surface area contributed by atoms with E-state index in [1.54, 1.807) is 0 Å². The molecule has 0 spiro atoms.